The molecule has 0 N–H and O–H groups in total. The predicted octanol–water partition coefficient (Wildman–Crippen LogP) is 1.63. The lowest BCUT2D eigenvalue weighted by Crippen LogP contribution is -2.29. The quantitative estimate of drug-likeness (QED) is 0.248. The van der Waals surface area contributed by atoms with Crippen molar-refractivity contribution in [3.05, 3.63) is 0 Å². The lowest BCUT2D eigenvalue weighted by Gasteiger charge is -2.21. The summed E-state index contributed by atoms with van der Waals surface area (Å²) in [6, 6.07) is 0. The lowest BCUT2D eigenvalue weighted by molar-refractivity contribution is -0.534. The molecule has 0 rings (SSSR count). The van der Waals surface area contributed by atoms with Gasteiger partial charge in [0.2, 0.25) is 6.08 Å². The highest BCUT2D eigenvalue weighted by Gasteiger charge is 2.11. The third-order valence-electron chi connectivity index (χ3n) is 1.68. The first-order chi connectivity index (χ1) is 7.74. The zero-order valence-corrected chi connectivity index (χ0v) is 10.1. The van der Waals surface area contributed by atoms with Crippen LogP contribution in [0.3, 0.4) is 0 Å². The molecule has 0 radical (unpaired) electrons. The Morgan fingerprint density at radius 3 is 2.44 bits per heavy atom. The van der Waals surface area contributed by atoms with Gasteiger partial charge >= 0.3 is 0 Å². The minimum absolute atomic E-state index is 0.0556. The second-order valence-electron chi connectivity index (χ2n) is 3.09. The molecular weight excluding hydrogens is 212 g/mol. The smallest absolute Gasteiger partial charge is 0.234 e. The van der Waals surface area contributed by atoms with Gasteiger partial charge in [-0.15, -0.1) is 0 Å². The van der Waals surface area contributed by atoms with Crippen molar-refractivity contribution in [3.8, 4) is 0 Å². The molecule has 0 aliphatic rings. The number of isocyanates is 1. The van der Waals surface area contributed by atoms with Crippen LogP contribution in [0.1, 0.15) is 33.6 Å². The molecule has 0 aromatic rings. The van der Waals surface area contributed by atoms with E-state index in [1.54, 1.807) is 0 Å². The molecule has 0 aliphatic carbocycles. The summed E-state index contributed by atoms with van der Waals surface area (Å²) in [6.45, 7) is 7.01. The summed E-state index contributed by atoms with van der Waals surface area (Å²) >= 11 is 0. The fourth-order valence-electron chi connectivity index (χ4n) is 1.01. The molecule has 0 amide bonds. The molecule has 6 nitrogen and oxygen atoms in total. The maximum Gasteiger partial charge on any atom is 0.234 e. The van der Waals surface area contributed by atoms with Crippen LogP contribution in [0.5, 0.6) is 0 Å². The van der Waals surface area contributed by atoms with Gasteiger partial charge in [0.25, 0.3) is 0 Å². The molecule has 0 bridgehead atoms. The van der Waals surface area contributed by atoms with E-state index in [2.05, 4.69) is 4.99 Å². The van der Waals surface area contributed by atoms with Crippen LogP contribution in [0, 0.1) is 0 Å². The van der Waals surface area contributed by atoms with Gasteiger partial charge in [-0.05, 0) is 33.6 Å². The van der Waals surface area contributed by atoms with Crippen LogP contribution >= 0.6 is 0 Å². The first-order valence-corrected chi connectivity index (χ1v) is 5.50. The molecule has 0 fully saturated rings. The number of hydrogen-bond acceptors (Lipinski definition) is 6. The van der Waals surface area contributed by atoms with Crippen LogP contribution in [0.25, 0.3) is 0 Å². The van der Waals surface area contributed by atoms with Crippen molar-refractivity contribution in [2.24, 2.45) is 4.99 Å². The van der Waals surface area contributed by atoms with Gasteiger partial charge in [-0.1, -0.05) is 0 Å². The minimum atomic E-state index is -0.0556. The molecule has 0 aliphatic heterocycles. The van der Waals surface area contributed by atoms with Crippen molar-refractivity contribution in [1.82, 2.24) is 5.39 Å². The summed E-state index contributed by atoms with van der Waals surface area (Å²) in [4.78, 5) is 28.8. The molecule has 0 spiro atoms. The fraction of sp³-hybridized carbons (Fsp3) is 0.900. The van der Waals surface area contributed by atoms with Gasteiger partial charge in [-0.25, -0.2) is 14.6 Å². The highest BCUT2D eigenvalue weighted by atomic mass is 17.2. The molecule has 6 heteroatoms. The Hall–Kier alpha value is -0.780. The number of carbonyl (C=O) groups excluding carboxylic acids is 1. The monoisotopic (exact) mass is 232 g/mol. The van der Waals surface area contributed by atoms with Crippen molar-refractivity contribution in [1.29, 1.82) is 0 Å². The van der Waals surface area contributed by atoms with E-state index in [9.17, 15) is 4.79 Å². The topological polar surface area (TPSA) is 60.4 Å². The zero-order chi connectivity index (χ0) is 12.2. The van der Waals surface area contributed by atoms with Crippen LogP contribution in [0.15, 0.2) is 4.99 Å². The average Bonchev–Trinajstić information content (AvgIpc) is 2.25. The molecular formula is C10H20N2O4. The zero-order valence-electron chi connectivity index (χ0n) is 10.1. The van der Waals surface area contributed by atoms with E-state index in [-0.39, 0.29) is 6.10 Å². The van der Waals surface area contributed by atoms with E-state index >= 15 is 0 Å². The van der Waals surface area contributed by atoms with Crippen LogP contribution in [0.2, 0.25) is 0 Å². The van der Waals surface area contributed by atoms with Crippen molar-refractivity contribution < 1.29 is 19.3 Å². The molecule has 0 aromatic carbocycles. The highest BCUT2D eigenvalue weighted by Crippen LogP contribution is 2.06. The second-order valence-corrected chi connectivity index (χ2v) is 3.09. The molecule has 16 heavy (non-hydrogen) atoms. The van der Waals surface area contributed by atoms with Gasteiger partial charge in [-0.3, -0.25) is 9.68 Å². The molecule has 0 heterocycles. The van der Waals surface area contributed by atoms with E-state index in [1.165, 1.54) is 6.08 Å². The highest BCUT2D eigenvalue weighted by molar-refractivity contribution is 5.32. The number of nitrogens with zero attached hydrogens (tertiary/aromatic N) is 2. The number of hydrogen-bond donors (Lipinski definition) is 0. The minimum Gasteiger partial charge on any atom is -0.251 e. The first-order valence-electron chi connectivity index (χ1n) is 5.50. The SMILES string of the molecule is CCON(OCC)OC(C)CCCN=C=O. The summed E-state index contributed by atoms with van der Waals surface area (Å²) in [5, 5.41) is 1.04. The lowest BCUT2D eigenvalue weighted by atomic mass is 10.2. The molecule has 0 saturated carbocycles. The molecule has 94 valence electrons. The van der Waals surface area contributed by atoms with E-state index in [0.29, 0.717) is 19.8 Å². The Morgan fingerprint density at radius 2 is 1.94 bits per heavy atom. The van der Waals surface area contributed by atoms with Gasteiger partial charge in [0.15, 0.2) is 0 Å². The fourth-order valence-corrected chi connectivity index (χ4v) is 1.01. The predicted molar refractivity (Wildman–Crippen MR) is 57.9 cm³/mol. The Labute approximate surface area is 96.0 Å². The Morgan fingerprint density at radius 1 is 1.31 bits per heavy atom. The van der Waals surface area contributed by atoms with Gasteiger partial charge < -0.3 is 0 Å². The molecule has 0 aromatic heterocycles. The summed E-state index contributed by atoms with van der Waals surface area (Å²) in [5.41, 5.74) is 0. The molecule has 1 unspecified atom stereocenters. The summed E-state index contributed by atoms with van der Waals surface area (Å²) in [7, 11) is 0. The summed E-state index contributed by atoms with van der Waals surface area (Å²) in [5.74, 6) is 0. The summed E-state index contributed by atoms with van der Waals surface area (Å²) in [6.07, 6.45) is 2.97. The van der Waals surface area contributed by atoms with Crippen molar-refractivity contribution in [2.75, 3.05) is 19.8 Å². The standard InChI is InChI=1S/C10H20N2O4/c1-4-14-12(15-5-2)16-10(3)7-6-8-11-9-13/h10H,4-8H2,1-3H3. The van der Waals surface area contributed by atoms with Crippen LogP contribution in [0.4, 0.5) is 0 Å². The molecule has 0 saturated heterocycles. The second kappa shape index (κ2) is 10.7. The Bertz CT molecular complexity index is 201. The van der Waals surface area contributed by atoms with Crippen molar-refractivity contribution in [3.63, 3.8) is 0 Å². The van der Waals surface area contributed by atoms with Gasteiger partial charge in [0.05, 0.1) is 31.3 Å². The first kappa shape index (κ1) is 15.2. The molecule has 1 atom stereocenters. The number of aliphatic imine (C=N–C) groups is 1. The average molecular weight is 232 g/mol. The summed E-state index contributed by atoms with van der Waals surface area (Å²) < 4.78 is 0. The van der Waals surface area contributed by atoms with Gasteiger partial charge in [-0.2, -0.15) is 0 Å². The van der Waals surface area contributed by atoms with E-state index < -0.39 is 0 Å². The maximum atomic E-state index is 9.83. The van der Waals surface area contributed by atoms with Gasteiger partial charge in [0, 0.05) is 0 Å². The van der Waals surface area contributed by atoms with E-state index in [1.807, 2.05) is 20.8 Å². The van der Waals surface area contributed by atoms with Gasteiger partial charge in [0.1, 0.15) is 0 Å². The number of rotatable bonds is 10. The third kappa shape index (κ3) is 8.52. The maximum absolute atomic E-state index is 9.83. The Balaban J connectivity index is 3.70. The van der Waals surface area contributed by atoms with Crippen molar-refractivity contribution >= 4 is 6.08 Å². The third-order valence-corrected chi connectivity index (χ3v) is 1.68. The largest absolute Gasteiger partial charge is 0.251 e. The van der Waals surface area contributed by atoms with Crippen molar-refractivity contribution in [2.45, 2.75) is 39.7 Å². The van der Waals surface area contributed by atoms with Crippen LogP contribution < -0.4 is 0 Å². The normalized spacial score (nSPS) is 12.5. The van der Waals surface area contributed by atoms with E-state index in [4.69, 9.17) is 14.5 Å². The van der Waals surface area contributed by atoms with E-state index in [0.717, 1.165) is 18.2 Å². The van der Waals surface area contributed by atoms with Crippen LogP contribution in [-0.4, -0.2) is 37.3 Å². The Kier molecular flexibility index (Phi) is 10.2. The van der Waals surface area contributed by atoms with Crippen LogP contribution in [-0.2, 0) is 19.3 Å².